The lowest BCUT2D eigenvalue weighted by Gasteiger charge is -2.21. The number of likely N-dealkylation sites (tertiary alicyclic amines) is 1. The van der Waals surface area contributed by atoms with E-state index in [0.29, 0.717) is 24.8 Å². The van der Waals surface area contributed by atoms with Crippen molar-refractivity contribution < 1.29 is 4.79 Å². The van der Waals surface area contributed by atoms with Gasteiger partial charge in [-0.2, -0.15) is 0 Å². The van der Waals surface area contributed by atoms with Gasteiger partial charge in [-0.25, -0.2) is 0 Å². The maximum absolute atomic E-state index is 13.0. The number of carbonyl (C=O) groups excluding carboxylic acids is 1. The van der Waals surface area contributed by atoms with Gasteiger partial charge in [-0.3, -0.25) is 4.79 Å². The van der Waals surface area contributed by atoms with Gasteiger partial charge < -0.3 is 10.6 Å². The zero-order valence-electron chi connectivity index (χ0n) is 15.9. The Hall–Kier alpha value is -2.13. The molecule has 1 amide bonds. The van der Waals surface area contributed by atoms with Gasteiger partial charge >= 0.3 is 0 Å². The van der Waals surface area contributed by atoms with E-state index in [-0.39, 0.29) is 11.8 Å². The van der Waals surface area contributed by atoms with Crippen molar-refractivity contribution in [3.05, 3.63) is 71.3 Å². The number of nitrogens with zero attached hydrogens (tertiary/aromatic N) is 1. The molecule has 0 aromatic heterocycles. The highest BCUT2D eigenvalue weighted by molar-refractivity contribution is 5.77. The number of carbonyl (C=O) groups is 1. The van der Waals surface area contributed by atoms with Crippen LogP contribution >= 0.6 is 0 Å². The van der Waals surface area contributed by atoms with E-state index in [1.165, 1.54) is 16.7 Å². The van der Waals surface area contributed by atoms with E-state index in [1.54, 1.807) is 0 Å². The maximum atomic E-state index is 13.0. The number of nitrogens with two attached hydrogens (primary N) is 1. The summed E-state index contributed by atoms with van der Waals surface area (Å²) in [5.74, 6) is 1.25. The Balaban J connectivity index is 1.68. The Labute approximate surface area is 157 Å². The van der Waals surface area contributed by atoms with Crippen molar-refractivity contribution >= 4 is 5.91 Å². The van der Waals surface area contributed by atoms with Crippen molar-refractivity contribution in [1.82, 2.24) is 4.90 Å². The summed E-state index contributed by atoms with van der Waals surface area (Å²) in [6.45, 7) is 6.45. The molecule has 1 unspecified atom stereocenters. The predicted molar refractivity (Wildman–Crippen MR) is 107 cm³/mol. The number of benzene rings is 2. The molecule has 3 rings (SSSR count). The topological polar surface area (TPSA) is 46.3 Å². The van der Waals surface area contributed by atoms with Crippen LogP contribution in [-0.2, 0) is 4.79 Å². The maximum Gasteiger partial charge on any atom is 0.223 e. The molecule has 1 heterocycles. The second kappa shape index (κ2) is 8.50. The number of rotatable bonds is 6. The average molecular weight is 351 g/mol. The van der Waals surface area contributed by atoms with Crippen LogP contribution in [0.25, 0.3) is 0 Å². The molecule has 3 heteroatoms. The monoisotopic (exact) mass is 350 g/mol. The number of aryl methyl sites for hydroxylation is 1. The third kappa shape index (κ3) is 4.16. The number of hydrogen-bond donors (Lipinski definition) is 1. The molecule has 1 saturated heterocycles. The molecule has 3 nitrogen and oxygen atoms in total. The van der Waals surface area contributed by atoms with Crippen molar-refractivity contribution in [2.75, 3.05) is 19.6 Å². The van der Waals surface area contributed by atoms with Gasteiger partial charge in [0.1, 0.15) is 0 Å². The molecule has 0 spiro atoms. The lowest BCUT2D eigenvalue weighted by molar-refractivity contribution is -0.130. The van der Waals surface area contributed by atoms with E-state index in [1.807, 2.05) is 11.0 Å². The van der Waals surface area contributed by atoms with Crippen LogP contribution in [0.15, 0.2) is 54.6 Å². The average Bonchev–Trinajstić information content (AvgIpc) is 3.12. The number of hydrogen-bond acceptors (Lipinski definition) is 2. The van der Waals surface area contributed by atoms with Crippen LogP contribution in [0.4, 0.5) is 0 Å². The Morgan fingerprint density at radius 2 is 1.81 bits per heavy atom. The quantitative estimate of drug-likeness (QED) is 0.853. The van der Waals surface area contributed by atoms with E-state index in [2.05, 4.69) is 62.4 Å². The third-order valence-corrected chi connectivity index (χ3v) is 5.79. The molecule has 1 aliphatic rings. The highest BCUT2D eigenvalue weighted by atomic mass is 16.2. The largest absolute Gasteiger partial charge is 0.342 e. The third-order valence-electron chi connectivity index (χ3n) is 5.79. The normalized spacial score (nSPS) is 21.0. The van der Waals surface area contributed by atoms with E-state index >= 15 is 0 Å². The fourth-order valence-corrected chi connectivity index (χ4v) is 4.07. The van der Waals surface area contributed by atoms with Crippen LogP contribution in [0.3, 0.4) is 0 Å². The van der Waals surface area contributed by atoms with Crippen molar-refractivity contribution in [2.45, 2.75) is 38.5 Å². The molecular formula is C23H30N2O. The van der Waals surface area contributed by atoms with Crippen molar-refractivity contribution in [1.29, 1.82) is 0 Å². The zero-order valence-corrected chi connectivity index (χ0v) is 15.9. The van der Waals surface area contributed by atoms with Crippen LogP contribution in [-0.4, -0.2) is 30.4 Å². The van der Waals surface area contributed by atoms with Crippen molar-refractivity contribution in [3.8, 4) is 0 Å². The molecule has 1 aliphatic heterocycles. The van der Waals surface area contributed by atoms with Gasteiger partial charge in [0.05, 0.1) is 0 Å². The molecule has 0 radical (unpaired) electrons. The minimum absolute atomic E-state index is 0.259. The van der Waals surface area contributed by atoms with Crippen LogP contribution in [0.1, 0.15) is 48.3 Å². The summed E-state index contributed by atoms with van der Waals surface area (Å²) in [6.07, 6.45) is 1.56. The highest BCUT2D eigenvalue weighted by Crippen LogP contribution is 2.33. The van der Waals surface area contributed by atoms with E-state index < -0.39 is 0 Å². The summed E-state index contributed by atoms with van der Waals surface area (Å²) in [5.41, 5.74) is 9.83. The lowest BCUT2D eigenvalue weighted by Crippen LogP contribution is -2.30. The lowest BCUT2D eigenvalue weighted by atomic mass is 9.89. The molecule has 0 saturated carbocycles. The molecule has 26 heavy (non-hydrogen) atoms. The minimum Gasteiger partial charge on any atom is -0.342 e. The van der Waals surface area contributed by atoms with Gasteiger partial charge in [-0.15, -0.1) is 0 Å². The number of amides is 1. The van der Waals surface area contributed by atoms with Gasteiger partial charge in [-0.1, -0.05) is 67.1 Å². The van der Waals surface area contributed by atoms with Gasteiger partial charge in [0.25, 0.3) is 0 Å². The minimum atomic E-state index is 0.259. The molecule has 2 N–H and O–H groups in total. The summed E-state index contributed by atoms with van der Waals surface area (Å²) >= 11 is 0. The van der Waals surface area contributed by atoms with Crippen LogP contribution in [0.2, 0.25) is 0 Å². The van der Waals surface area contributed by atoms with Crippen LogP contribution in [0, 0.1) is 12.8 Å². The highest BCUT2D eigenvalue weighted by Gasteiger charge is 2.35. The Morgan fingerprint density at radius 3 is 2.42 bits per heavy atom. The first kappa shape index (κ1) is 18.7. The van der Waals surface area contributed by atoms with Gasteiger partial charge in [0.2, 0.25) is 5.91 Å². The molecule has 1 fully saturated rings. The molecule has 0 aliphatic carbocycles. The fraction of sp³-hybridized carbons (Fsp3) is 0.435. The molecule has 0 bridgehead atoms. The van der Waals surface area contributed by atoms with Gasteiger partial charge in [0.15, 0.2) is 0 Å². The zero-order chi connectivity index (χ0) is 18.5. The molecule has 138 valence electrons. The summed E-state index contributed by atoms with van der Waals surface area (Å²) in [4.78, 5) is 15.0. The molecule has 3 atom stereocenters. The summed E-state index contributed by atoms with van der Waals surface area (Å²) in [6, 6.07) is 19.1. The molecule has 2 aromatic rings. The van der Waals surface area contributed by atoms with Crippen LogP contribution < -0.4 is 5.73 Å². The first-order valence-electron chi connectivity index (χ1n) is 9.71. The Kier molecular flexibility index (Phi) is 6.10. The van der Waals surface area contributed by atoms with Gasteiger partial charge in [0, 0.05) is 25.4 Å². The Morgan fingerprint density at radius 1 is 1.12 bits per heavy atom. The molecular weight excluding hydrogens is 320 g/mol. The summed E-state index contributed by atoms with van der Waals surface area (Å²) < 4.78 is 0. The SMILES string of the molecule is CCC(CC(=O)N1C[C@@H](CN)[C@H](c2ccccc2)C1)c1ccc(C)cc1. The first-order valence-corrected chi connectivity index (χ1v) is 9.71. The predicted octanol–water partition coefficient (Wildman–Crippen LogP) is 4.08. The second-order valence-electron chi connectivity index (χ2n) is 7.53. The fourth-order valence-electron chi connectivity index (χ4n) is 4.07. The van der Waals surface area contributed by atoms with Gasteiger partial charge in [-0.05, 0) is 42.9 Å². The second-order valence-corrected chi connectivity index (χ2v) is 7.53. The van der Waals surface area contributed by atoms with E-state index in [0.717, 1.165) is 19.5 Å². The molecule has 2 aromatic carbocycles. The Bertz CT molecular complexity index is 711. The van der Waals surface area contributed by atoms with Crippen LogP contribution in [0.5, 0.6) is 0 Å². The summed E-state index contributed by atoms with van der Waals surface area (Å²) in [5, 5.41) is 0. The first-order chi connectivity index (χ1) is 12.6. The van der Waals surface area contributed by atoms with Crippen molar-refractivity contribution in [2.24, 2.45) is 11.7 Å². The van der Waals surface area contributed by atoms with E-state index in [4.69, 9.17) is 5.73 Å². The van der Waals surface area contributed by atoms with Crippen molar-refractivity contribution in [3.63, 3.8) is 0 Å². The van der Waals surface area contributed by atoms with E-state index in [9.17, 15) is 4.79 Å². The summed E-state index contributed by atoms with van der Waals surface area (Å²) in [7, 11) is 0. The standard InChI is InChI=1S/C23H30N2O/c1-3-18(19-11-9-17(2)10-12-19)13-23(26)25-15-21(14-24)22(16-25)20-7-5-4-6-8-20/h4-12,18,21-22H,3,13-16,24H2,1-2H3/t18?,21-,22+/m1/s1. The smallest absolute Gasteiger partial charge is 0.223 e.